The van der Waals surface area contributed by atoms with Crippen LogP contribution in [0, 0.1) is 0 Å². The van der Waals surface area contributed by atoms with Crippen molar-refractivity contribution in [1.29, 1.82) is 0 Å². The molecule has 3 nitrogen and oxygen atoms in total. The van der Waals surface area contributed by atoms with E-state index in [1.807, 2.05) is 30.3 Å². The Morgan fingerprint density at radius 1 is 1.00 bits per heavy atom. The van der Waals surface area contributed by atoms with Gasteiger partial charge in [-0.05, 0) is 43.0 Å². The molecule has 0 bridgehead atoms. The first-order chi connectivity index (χ1) is 11.2. The molecule has 0 unspecified atom stereocenters. The van der Waals surface area contributed by atoms with Crippen LogP contribution in [0.5, 0.6) is 5.75 Å². The lowest BCUT2D eigenvalue weighted by Crippen LogP contribution is -2.26. The van der Waals surface area contributed by atoms with E-state index >= 15 is 0 Å². The van der Waals surface area contributed by atoms with E-state index in [1.165, 1.54) is 16.2 Å². The third kappa shape index (κ3) is 4.14. The first kappa shape index (κ1) is 15.6. The van der Waals surface area contributed by atoms with Gasteiger partial charge in [0.2, 0.25) is 0 Å². The van der Waals surface area contributed by atoms with Crippen LogP contribution in [0.4, 0.5) is 0 Å². The molecule has 0 radical (unpaired) electrons. The molecule has 0 amide bonds. The quantitative estimate of drug-likeness (QED) is 0.878. The molecule has 1 aliphatic rings. The number of allylic oxidation sites excluding steroid dienone is 2. The molecule has 2 aromatic rings. The Morgan fingerprint density at radius 3 is 2.43 bits per heavy atom. The maximum atomic E-state index is 10.0. The Balaban J connectivity index is 1.61. The minimum Gasteiger partial charge on any atom is -0.489 e. The van der Waals surface area contributed by atoms with Crippen molar-refractivity contribution >= 4 is 0 Å². The smallest absolute Gasteiger partial charge is 0.119 e. The van der Waals surface area contributed by atoms with Crippen molar-refractivity contribution in [2.24, 2.45) is 0 Å². The maximum absolute atomic E-state index is 10.0. The van der Waals surface area contributed by atoms with Crippen LogP contribution in [-0.4, -0.2) is 16.8 Å². The van der Waals surface area contributed by atoms with E-state index in [1.54, 1.807) is 0 Å². The van der Waals surface area contributed by atoms with Crippen molar-refractivity contribution in [2.45, 2.75) is 32.8 Å². The topological polar surface area (TPSA) is 32.7 Å². The molecule has 0 fully saturated rings. The predicted molar refractivity (Wildman–Crippen MR) is 91.3 cm³/mol. The van der Waals surface area contributed by atoms with Crippen LogP contribution in [0.2, 0.25) is 0 Å². The second-order valence-electron chi connectivity index (χ2n) is 6.05. The summed E-state index contributed by atoms with van der Waals surface area (Å²) >= 11 is 0. The second-order valence-corrected chi connectivity index (χ2v) is 6.05. The Labute approximate surface area is 137 Å². The van der Waals surface area contributed by atoms with Gasteiger partial charge < -0.3 is 4.74 Å². The third-order valence-corrected chi connectivity index (χ3v) is 4.27. The molecule has 0 atom stereocenters. The zero-order valence-electron chi connectivity index (χ0n) is 13.5. The summed E-state index contributed by atoms with van der Waals surface area (Å²) in [5.74, 6) is 0.868. The van der Waals surface area contributed by atoms with E-state index in [2.05, 4.69) is 31.2 Å². The number of nitrogens with zero attached hydrogens (tertiary/aromatic N) is 1. The second kappa shape index (κ2) is 7.34. The fourth-order valence-corrected chi connectivity index (χ4v) is 2.87. The summed E-state index contributed by atoms with van der Waals surface area (Å²) in [7, 11) is 0. The van der Waals surface area contributed by atoms with Crippen LogP contribution in [0.15, 0.2) is 65.9 Å². The fourth-order valence-electron chi connectivity index (χ4n) is 2.87. The molecule has 0 saturated carbocycles. The number of hydrogen-bond acceptors (Lipinski definition) is 3. The van der Waals surface area contributed by atoms with Gasteiger partial charge in [-0.3, -0.25) is 10.3 Å². The van der Waals surface area contributed by atoms with Crippen molar-refractivity contribution in [3.63, 3.8) is 0 Å². The average Bonchev–Trinajstić information content (AvgIpc) is 2.58. The molecular weight excluding hydrogens is 286 g/mol. The minimum atomic E-state index is 0.578. The number of hydroxylamine groups is 2. The standard InChI is InChI=1S/C20H23NO2/c1-16-6-5-13-21(22)20(16)14-17-9-11-19(12-10-17)23-15-18-7-3-2-4-8-18/h2-4,7-12,22H,5-6,13-15H2,1H3. The minimum absolute atomic E-state index is 0.578. The first-order valence-corrected chi connectivity index (χ1v) is 8.13. The Morgan fingerprint density at radius 2 is 1.74 bits per heavy atom. The number of ether oxygens (including phenoxy) is 1. The van der Waals surface area contributed by atoms with Gasteiger partial charge in [-0.2, -0.15) is 0 Å². The van der Waals surface area contributed by atoms with Crippen molar-refractivity contribution in [3.05, 3.63) is 77.0 Å². The number of benzene rings is 2. The number of rotatable bonds is 5. The fraction of sp³-hybridized carbons (Fsp3) is 0.300. The van der Waals surface area contributed by atoms with E-state index in [9.17, 15) is 5.21 Å². The van der Waals surface area contributed by atoms with E-state index in [0.717, 1.165) is 42.8 Å². The summed E-state index contributed by atoms with van der Waals surface area (Å²) in [5.41, 5.74) is 4.67. The highest BCUT2D eigenvalue weighted by Crippen LogP contribution is 2.24. The van der Waals surface area contributed by atoms with Crippen LogP contribution in [0.3, 0.4) is 0 Å². The highest BCUT2D eigenvalue weighted by molar-refractivity contribution is 5.31. The largest absolute Gasteiger partial charge is 0.489 e. The molecule has 3 heteroatoms. The number of hydrogen-bond donors (Lipinski definition) is 1. The van der Waals surface area contributed by atoms with Crippen LogP contribution in [0.1, 0.15) is 30.9 Å². The lowest BCUT2D eigenvalue weighted by Gasteiger charge is -2.27. The lowest BCUT2D eigenvalue weighted by molar-refractivity contribution is -0.0643. The van der Waals surface area contributed by atoms with E-state index in [0.29, 0.717) is 6.61 Å². The van der Waals surface area contributed by atoms with Gasteiger partial charge in [0.1, 0.15) is 12.4 Å². The Bertz CT molecular complexity index is 662. The summed E-state index contributed by atoms with van der Waals surface area (Å²) in [6.07, 6.45) is 2.87. The third-order valence-electron chi connectivity index (χ3n) is 4.27. The molecule has 120 valence electrons. The van der Waals surface area contributed by atoms with E-state index in [-0.39, 0.29) is 0 Å². The van der Waals surface area contributed by atoms with E-state index < -0.39 is 0 Å². The average molecular weight is 309 g/mol. The van der Waals surface area contributed by atoms with Crippen LogP contribution >= 0.6 is 0 Å². The summed E-state index contributed by atoms with van der Waals surface area (Å²) in [5, 5.41) is 11.4. The molecule has 1 heterocycles. The SMILES string of the molecule is CC1=C(Cc2ccc(OCc3ccccc3)cc2)N(O)CCC1. The summed E-state index contributed by atoms with van der Waals surface area (Å²) < 4.78 is 5.81. The highest BCUT2D eigenvalue weighted by Gasteiger charge is 2.16. The Hall–Kier alpha value is -2.26. The summed E-state index contributed by atoms with van der Waals surface area (Å²) in [6.45, 7) is 3.41. The molecular formula is C20H23NO2. The van der Waals surface area contributed by atoms with Crippen molar-refractivity contribution in [1.82, 2.24) is 5.06 Å². The molecule has 0 spiro atoms. The zero-order chi connectivity index (χ0) is 16.1. The molecule has 2 aromatic carbocycles. The van der Waals surface area contributed by atoms with Crippen LogP contribution < -0.4 is 4.74 Å². The highest BCUT2D eigenvalue weighted by atomic mass is 16.5. The Kier molecular flexibility index (Phi) is 4.99. The lowest BCUT2D eigenvalue weighted by atomic mass is 10.00. The molecule has 3 rings (SSSR count). The maximum Gasteiger partial charge on any atom is 0.119 e. The van der Waals surface area contributed by atoms with Crippen molar-refractivity contribution < 1.29 is 9.94 Å². The van der Waals surface area contributed by atoms with Gasteiger partial charge in [0.05, 0.1) is 0 Å². The molecule has 0 aromatic heterocycles. The summed E-state index contributed by atoms with van der Waals surface area (Å²) in [4.78, 5) is 0. The molecule has 23 heavy (non-hydrogen) atoms. The van der Waals surface area contributed by atoms with Gasteiger partial charge in [0, 0.05) is 18.7 Å². The summed E-state index contributed by atoms with van der Waals surface area (Å²) in [6, 6.07) is 18.3. The molecule has 0 saturated heterocycles. The normalized spacial score (nSPS) is 15.0. The molecule has 0 aliphatic carbocycles. The van der Waals surface area contributed by atoms with Crippen molar-refractivity contribution in [2.75, 3.05) is 6.54 Å². The predicted octanol–water partition coefficient (Wildman–Crippen LogP) is 4.57. The van der Waals surface area contributed by atoms with Crippen LogP contribution in [0.25, 0.3) is 0 Å². The molecule has 1 N–H and O–H groups in total. The monoisotopic (exact) mass is 309 g/mol. The molecule has 1 aliphatic heterocycles. The van der Waals surface area contributed by atoms with Crippen LogP contribution in [-0.2, 0) is 13.0 Å². The van der Waals surface area contributed by atoms with Gasteiger partial charge in [-0.25, -0.2) is 0 Å². The van der Waals surface area contributed by atoms with Crippen molar-refractivity contribution in [3.8, 4) is 5.75 Å². The van der Waals surface area contributed by atoms with Gasteiger partial charge in [0.15, 0.2) is 0 Å². The zero-order valence-corrected chi connectivity index (χ0v) is 13.5. The van der Waals surface area contributed by atoms with Gasteiger partial charge in [-0.15, -0.1) is 0 Å². The first-order valence-electron chi connectivity index (χ1n) is 8.13. The van der Waals surface area contributed by atoms with Gasteiger partial charge in [0.25, 0.3) is 0 Å². The van der Waals surface area contributed by atoms with E-state index in [4.69, 9.17) is 4.74 Å². The van der Waals surface area contributed by atoms with Gasteiger partial charge >= 0.3 is 0 Å². The van der Waals surface area contributed by atoms with Gasteiger partial charge in [-0.1, -0.05) is 48.0 Å².